The lowest BCUT2D eigenvalue weighted by Gasteiger charge is -2.38. The summed E-state index contributed by atoms with van der Waals surface area (Å²) in [6.45, 7) is 0.152. The molecule has 2 aromatic carbocycles. The van der Waals surface area contributed by atoms with Crippen LogP contribution in [0.5, 0.6) is 0 Å². The molecule has 3 aromatic rings. The molecule has 7 nitrogen and oxygen atoms in total. The van der Waals surface area contributed by atoms with Gasteiger partial charge in [-0.15, -0.1) is 10.2 Å². The van der Waals surface area contributed by atoms with Crippen molar-refractivity contribution in [3.8, 4) is 11.5 Å². The first kappa shape index (κ1) is 17.9. The molecule has 1 aromatic heterocycles. The molecule has 28 heavy (non-hydrogen) atoms. The van der Waals surface area contributed by atoms with E-state index in [1.165, 1.54) is 9.80 Å². The molecule has 1 aliphatic rings. The highest BCUT2D eigenvalue weighted by Gasteiger charge is 2.38. The number of carbonyl (C=O) groups is 2. The maximum atomic E-state index is 12.8. The number of likely N-dealkylation sites (N-methyl/N-ethyl adjacent to an activating group) is 1. The van der Waals surface area contributed by atoms with Crippen LogP contribution < -0.4 is 0 Å². The standard InChI is InChI=1S/C21H20N4O3/c1-24-14-19(26)25(17(21(24)27)12-15-8-4-2-5-9-15)13-18-22-23-20(28-18)16-10-6-3-7-11-16/h2-11,17H,12-14H2,1H3/t17-/m0/s1. The van der Waals surface area contributed by atoms with Crippen LogP contribution in [0, 0.1) is 0 Å². The molecule has 0 unspecified atom stereocenters. The zero-order valence-corrected chi connectivity index (χ0v) is 15.5. The number of piperazine rings is 1. The molecule has 0 spiro atoms. The van der Waals surface area contributed by atoms with E-state index in [2.05, 4.69) is 10.2 Å². The lowest BCUT2D eigenvalue weighted by molar-refractivity contribution is -0.155. The second-order valence-electron chi connectivity index (χ2n) is 6.79. The van der Waals surface area contributed by atoms with Crippen LogP contribution >= 0.6 is 0 Å². The molecule has 1 aliphatic heterocycles. The fourth-order valence-electron chi connectivity index (χ4n) is 3.33. The van der Waals surface area contributed by atoms with Crippen LogP contribution in [0.1, 0.15) is 11.5 Å². The third kappa shape index (κ3) is 3.64. The maximum absolute atomic E-state index is 12.8. The molecule has 7 heteroatoms. The fraction of sp³-hybridized carbons (Fsp3) is 0.238. The molecule has 2 amide bonds. The molecule has 1 fully saturated rings. The number of rotatable bonds is 5. The predicted molar refractivity (Wildman–Crippen MR) is 102 cm³/mol. The van der Waals surface area contributed by atoms with Gasteiger partial charge in [0.25, 0.3) is 0 Å². The van der Waals surface area contributed by atoms with Crippen LogP contribution in [0.3, 0.4) is 0 Å². The number of aromatic nitrogens is 2. The number of benzene rings is 2. The fourth-order valence-corrected chi connectivity index (χ4v) is 3.33. The smallest absolute Gasteiger partial charge is 0.247 e. The van der Waals surface area contributed by atoms with Gasteiger partial charge in [-0.1, -0.05) is 48.5 Å². The highest BCUT2D eigenvalue weighted by Crippen LogP contribution is 2.21. The van der Waals surface area contributed by atoms with Crippen molar-refractivity contribution in [3.63, 3.8) is 0 Å². The van der Waals surface area contributed by atoms with E-state index in [1.54, 1.807) is 7.05 Å². The van der Waals surface area contributed by atoms with Crippen molar-refractivity contribution < 1.29 is 14.0 Å². The zero-order valence-electron chi connectivity index (χ0n) is 15.5. The summed E-state index contributed by atoms with van der Waals surface area (Å²) in [7, 11) is 1.65. The number of carbonyl (C=O) groups excluding carboxylic acids is 2. The van der Waals surface area contributed by atoms with Gasteiger partial charge in [-0.25, -0.2) is 0 Å². The molecule has 142 valence electrons. The second-order valence-corrected chi connectivity index (χ2v) is 6.79. The topological polar surface area (TPSA) is 79.5 Å². The van der Waals surface area contributed by atoms with E-state index in [0.29, 0.717) is 18.2 Å². The van der Waals surface area contributed by atoms with Crippen LogP contribution in [0.4, 0.5) is 0 Å². The van der Waals surface area contributed by atoms with Crippen molar-refractivity contribution in [1.29, 1.82) is 0 Å². The minimum Gasteiger partial charge on any atom is -0.419 e. The van der Waals surface area contributed by atoms with Gasteiger partial charge in [0.2, 0.25) is 23.6 Å². The highest BCUT2D eigenvalue weighted by atomic mass is 16.4. The summed E-state index contributed by atoms with van der Waals surface area (Å²) in [5.41, 5.74) is 1.80. The van der Waals surface area contributed by atoms with E-state index in [4.69, 9.17) is 4.42 Å². The summed E-state index contributed by atoms with van der Waals surface area (Å²) in [6.07, 6.45) is 0.440. The number of hydrogen-bond acceptors (Lipinski definition) is 5. The predicted octanol–water partition coefficient (Wildman–Crippen LogP) is 2.15. The maximum Gasteiger partial charge on any atom is 0.247 e. The summed E-state index contributed by atoms with van der Waals surface area (Å²) >= 11 is 0. The Kier molecular flexibility index (Phi) is 4.89. The summed E-state index contributed by atoms with van der Waals surface area (Å²) in [4.78, 5) is 28.4. The first-order valence-corrected chi connectivity index (χ1v) is 9.08. The van der Waals surface area contributed by atoms with Crippen molar-refractivity contribution in [2.24, 2.45) is 0 Å². The Morgan fingerprint density at radius 1 is 1.00 bits per heavy atom. The molecule has 0 radical (unpaired) electrons. The van der Waals surface area contributed by atoms with E-state index >= 15 is 0 Å². The third-order valence-electron chi connectivity index (χ3n) is 4.80. The van der Waals surface area contributed by atoms with E-state index in [-0.39, 0.29) is 24.9 Å². The molecule has 1 atom stereocenters. The quantitative estimate of drug-likeness (QED) is 0.682. The minimum atomic E-state index is -0.597. The molecular weight excluding hydrogens is 356 g/mol. The number of nitrogens with zero attached hydrogens (tertiary/aromatic N) is 4. The van der Waals surface area contributed by atoms with Gasteiger partial charge in [-0.2, -0.15) is 0 Å². The van der Waals surface area contributed by atoms with E-state index < -0.39 is 6.04 Å². The summed E-state index contributed by atoms with van der Waals surface area (Å²) in [5.74, 6) is 0.472. The third-order valence-corrected chi connectivity index (χ3v) is 4.80. The van der Waals surface area contributed by atoms with Gasteiger partial charge in [0.1, 0.15) is 6.04 Å². The van der Waals surface area contributed by atoms with Crippen molar-refractivity contribution in [3.05, 3.63) is 72.1 Å². The first-order chi connectivity index (χ1) is 13.6. The van der Waals surface area contributed by atoms with Gasteiger partial charge in [-0.05, 0) is 17.7 Å². The van der Waals surface area contributed by atoms with Gasteiger partial charge in [0.15, 0.2) is 0 Å². The molecule has 0 aliphatic carbocycles. The van der Waals surface area contributed by atoms with Gasteiger partial charge in [0.05, 0.1) is 13.1 Å². The first-order valence-electron chi connectivity index (χ1n) is 9.08. The highest BCUT2D eigenvalue weighted by molar-refractivity contribution is 5.94. The molecule has 0 bridgehead atoms. The van der Waals surface area contributed by atoms with Gasteiger partial charge in [-0.3, -0.25) is 9.59 Å². The van der Waals surface area contributed by atoms with E-state index in [1.807, 2.05) is 60.7 Å². The second kappa shape index (κ2) is 7.64. The molecular formula is C21H20N4O3. The van der Waals surface area contributed by atoms with E-state index in [0.717, 1.165) is 11.1 Å². The molecule has 0 N–H and O–H groups in total. The monoisotopic (exact) mass is 376 g/mol. The van der Waals surface area contributed by atoms with Crippen molar-refractivity contribution in [1.82, 2.24) is 20.0 Å². The van der Waals surface area contributed by atoms with Gasteiger partial charge < -0.3 is 14.2 Å². The normalized spacial score (nSPS) is 17.2. The lowest BCUT2D eigenvalue weighted by Crippen LogP contribution is -2.59. The zero-order chi connectivity index (χ0) is 19.5. The Bertz CT molecular complexity index is 972. The van der Waals surface area contributed by atoms with Crippen molar-refractivity contribution >= 4 is 11.8 Å². The van der Waals surface area contributed by atoms with Crippen LogP contribution in [-0.4, -0.2) is 51.4 Å². The Hall–Kier alpha value is -3.48. The molecule has 0 saturated carbocycles. The molecule has 4 rings (SSSR count). The van der Waals surface area contributed by atoms with Crippen molar-refractivity contribution in [2.75, 3.05) is 13.6 Å². The Labute approximate surface area is 162 Å². The van der Waals surface area contributed by atoms with E-state index in [9.17, 15) is 9.59 Å². The summed E-state index contributed by atoms with van der Waals surface area (Å²) in [6, 6.07) is 18.5. The molecule has 2 heterocycles. The lowest BCUT2D eigenvalue weighted by atomic mass is 10.0. The summed E-state index contributed by atoms with van der Waals surface area (Å²) in [5, 5.41) is 8.14. The number of hydrogen-bond donors (Lipinski definition) is 0. The average molecular weight is 376 g/mol. The minimum absolute atomic E-state index is 0.0454. The molecule has 1 saturated heterocycles. The largest absolute Gasteiger partial charge is 0.419 e. The Morgan fingerprint density at radius 2 is 1.68 bits per heavy atom. The Morgan fingerprint density at radius 3 is 2.39 bits per heavy atom. The SMILES string of the molecule is CN1CC(=O)N(Cc2nnc(-c3ccccc3)o2)[C@@H](Cc2ccccc2)C1=O. The van der Waals surface area contributed by atoms with Crippen LogP contribution in [0.2, 0.25) is 0 Å². The Balaban J connectivity index is 1.57. The van der Waals surface area contributed by atoms with Gasteiger partial charge in [0, 0.05) is 19.0 Å². The van der Waals surface area contributed by atoms with Crippen LogP contribution in [0.15, 0.2) is 65.1 Å². The van der Waals surface area contributed by atoms with Gasteiger partial charge >= 0.3 is 0 Å². The number of amides is 2. The van der Waals surface area contributed by atoms with Crippen LogP contribution in [-0.2, 0) is 22.6 Å². The van der Waals surface area contributed by atoms with Crippen molar-refractivity contribution in [2.45, 2.75) is 19.0 Å². The summed E-state index contributed by atoms with van der Waals surface area (Å²) < 4.78 is 5.74. The average Bonchev–Trinajstić information content (AvgIpc) is 3.19. The van der Waals surface area contributed by atoms with Crippen LogP contribution in [0.25, 0.3) is 11.5 Å².